The molecule has 2 N–H and O–H groups in total. The number of halogens is 1. The number of aromatic nitrogens is 2. The van der Waals surface area contributed by atoms with Gasteiger partial charge in [0.05, 0.1) is 18.5 Å². The number of ether oxygens (including phenoxy) is 1. The van der Waals surface area contributed by atoms with Crippen molar-refractivity contribution in [2.24, 2.45) is 0 Å². The summed E-state index contributed by atoms with van der Waals surface area (Å²) >= 11 is 1.22. The molecular formula is C19H19FN4O2S. The molecule has 0 radical (unpaired) electrons. The van der Waals surface area contributed by atoms with Crippen LogP contribution in [0.25, 0.3) is 0 Å². The molecule has 1 aromatic carbocycles. The van der Waals surface area contributed by atoms with Crippen LogP contribution in [0.15, 0.2) is 42.6 Å². The number of nitrogens with zero attached hydrogens (tertiary/aromatic N) is 2. The molecule has 2 heterocycles. The first-order chi connectivity index (χ1) is 13.0. The summed E-state index contributed by atoms with van der Waals surface area (Å²) in [4.78, 5) is 21.3. The summed E-state index contributed by atoms with van der Waals surface area (Å²) in [6.45, 7) is 4.67. The standard InChI is InChI=1S/C19H19FN4O2S/c1-3-26-15-6-4-5-13(9-15)10-22-18(25)17-12(2)23-19(27-17)24-16-8-7-14(20)11-21-16/h4-9,11H,3,10H2,1-2H3,(H,22,25)(H,21,23,24). The number of hydrogen-bond donors (Lipinski definition) is 2. The van der Waals surface area contributed by atoms with Crippen LogP contribution in [0.5, 0.6) is 5.75 Å². The third-order valence-corrected chi connectivity index (χ3v) is 4.70. The number of carbonyl (C=O) groups is 1. The maximum atomic E-state index is 12.9. The first-order valence-electron chi connectivity index (χ1n) is 8.41. The number of anilines is 2. The van der Waals surface area contributed by atoms with Crippen molar-refractivity contribution >= 4 is 28.2 Å². The fraction of sp³-hybridized carbons (Fsp3) is 0.211. The van der Waals surface area contributed by atoms with Crippen molar-refractivity contribution < 1.29 is 13.9 Å². The van der Waals surface area contributed by atoms with Crippen molar-refractivity contribution in [1.29, 1.82) is 0 Å². The lowest BCUT2D eigenvalue weighted by atomic mass is 10.2. The minimum Gasteiger partial charge on any atom is -0.494 e. The van der Waals surface area contributed by atoms with Crippen molar-refractivity contribution in [2.75, 3.05) is 11.9 Å². The van der Waals surface area contributed by atoms with Gasteiger partial charge in [0, 0.05) is 6.54 Å². The minimum atomic E-state index is -0.413. The van der Waals surface area contributed by atoms with Crippen LogP contribution in [0.2, 0.25) is 0 Å². The van der Waals surface area contributed by atoms with Gasteiger partial charge in [-0.05, 0) is 43.7 Å². The molecule has 0 bridgehead atoms. The molecule has 0 saturated carbocycles. The number of thiazole rings is 1. The van der Waals surface area contributed by atoms with Gasteiger partial charge in [0.2, 0.25) is 0 Å². The smallest absolute Gasteiger partial charge is 0.263 e. The van der Waals surface area contributed by atoms with Crippen LogP contribution in [0, 0.1) is 12.7 Å². The van der Waals surface area contributed by atoms with Crippen molar-refractivity contribution in [3.8, 4) is 5.75 Å². The molecule has 0 unspecified atom stereocenters. The third-order valence-electron chi connectivity index (χ3n) is 3.63. The molecule has 0 aliphatic rings. The number of hydrogen-bond acceptors (Lipinski definition) is 6. The van der Waals surface area contributed by atoms with Crippen molar-refractivity contribution in [3.63, 3.8) is 0 Å². The molecule has 140 valence electrons. The van der Waals surface area contributed by atoms with Gasteiger partial charge in [-0.2, -0.15) is 0 Å². The van der Waals surface area contributed by atoms with E-state index >= 15 is 0 Å². The highest BCUT2D eigenvalue weighted by atomic mass is 32.1. The zero-order valence-electron chi connectivity index (χ0n) is 15.0. The van der Waals surface area contributed by atoms with Gasteiger partial charge in [-0.3, -0.25) is 4.79 Å². The van der Waals surface area contributed by atoms with Gasteiger partial charge >= 0.3 is 0 Å². The molecule has 0 aliphatic carbocycles. The second-order valence-corrected chi connectivity index (χ2v) is 6.68. The summed E-state index contributed by atoms with van der Waals surface area (Å²) in [5, 5.41) is 6.39. The van der Waals surface area contributed by atoms with E-state index < -0.39 is 5.82 Å². The number of benzene rings is 1. The molecule has 0 aliphatic heterocycles. The monoisotopic (exact) mass is 386 g/mol. The Morgan fingerprint density at radius 1 is 1.30 bits per heavy atom. The Morgan fingerprint density at radius 2 is 2.15 bits per heavy atom. The molecule has 0 saturated heterocycles. The van der Waals surface area contributed by atoms with E-state index in [1.807, 2.05) is 31.2 Å². The highest BCUT2D eigenvalue weighted by Crippen LogP contribution is 2.25. The van der Waals surface area contributed by atoms with E-state index in [1.165, 1.54) is 23.5 Å². The quantitative estimate of drug-likeness (QED) is 0.640. The molecule has 8 heteroatoms. The number of rotatable bonds is 7. The van der Waals surface area contributed by atoms with Crippen LogP contribution >= 0.6 is 11.3 Å². The molecule has 0 fully saturated rings. The summed E-state index contributed by atoms with van der Waals surface area (Å²) in [5.74, 6) is 0.623. The molecule has 1 amide bonds. The molecular weight excluding hydrogens is 367 g/mol. The number of aryl methyl sites for hydroxylation is 1. The van der Waals surface area contributed by atoms with Gasteiger partial charge in [0.15, 0.2) is 5.13 Å². The van der Waals surface area contributed by atoms with Crippen LogP contribution in [0.1, 0.15) is 27.9 Å². The van der Waals surface area contributed by atoms with E-state index in [0.29, 0.717) is 34.7 Å². The molecule has 6 nitrogen and oxygen atoms in total. The maximum absolute atomic E-state index is 12.9. The van der Waals surface area contributed by atoms with Crippen LogP contribution in [-0.2, 0) is 6.54 Å². The largest absolute Gasteiger partial charge is 0.494 e. The fourth-order valence-corrected chi connectivity index (χ4v) is 3.28. The lowest BCUT2D eigenvalue weighted by Gasteiger charge is -2.07. The van der Waals surface area contributed by atoms with E-state index in [0.717, 1.165) is 17.5 Å². The number of amides is 1. The van der Waals surface area contributed by atoms with Gasteiger partial charge in [-0.1, -0.05) is 23.5 Å². The fourth-order valence-electron chi connectivity index (χ4n) is 2.39. The molecule has 27 heavy (non-hydrogen) atoms. The highest BCUT2D eigenvalue weighted by Gasteiger charge is 2.15. The number of pyridine rings is 1. The normalized spacial score (nSPS) is 10.5. The number of carbonyl (C=O) groups excluding carboxylic acids is 1. The van der Waals surface area contributed by atoms with Gasteiger partial charge in [0.25, 0.3) is 5.91 Å². The van der Waals surface area contributed by atoms with Crippen LogP contribution in [-0.4, -0.2) is 22.5 Å². The Balaban J connectivity index is 1.64. The van der Waals surface area contributed by atoms with Crippen molar-refractivity contribution in [1.82, 2.24) is 15.3 Å². The Morgan fingerprint density at radius 3 is 2.89 bits per heavy atom. The average Bonchev–Trinajstić information content (AvgIpc) is 3.02. The van der Waals surface area contributed by atoms with Gasteiger partial charge < -0.3 is 15.4 Å². The minimum absolute atomic E-state index is 0.202. The van der Waals surface area contributed by atoms with Crippen molar-refractivity contribution in [3.05, 3.63) is 64.5 Å². The lowest BCUT2D eigenvalue weighted by Crippen LogP contribution is -2.22. The topological polar surface area (TPSA) is 76.1 Å². The molecule has 0 atom stereocenters. The van der Waals surface area contributed by atoms with E-state index in [9.17, 15) is 9.18 Å². The average molecular weight is 386 g/mol. The number of nitrogens with one attached hydrogen (secondary N) is 2. The molecule has 3 aromatic rings. The summed E-state index contributed by atoms with van der Waals surface area (Å²) < 4.78 is 18.4. The van der Waals surface area contributed by atoms with Crippen LogP contribution in [0.4, 0.5) is 15.3 Å². The Hall–Kier alpha value is -3.00. The molecule has 2 aromatic heterocycles. The second-order valence-electron chi connectivity index (χ2n) is 5.68. The van der Waals surface area contributed by atoms with Gasteiger partial charge in [0.1, 0.15) is 22.3 Å². The zero-order valence-corrected chi connectivity index (χ0v) is 15.8. The maximum Gasteiger partial charge on any atom is 0.263 e. The molecule has 0 spiro atoms. The third kappa shape index (κ3) is 5.01. The first kappa shape index (κ1) is 18.8. The first-order valence-corrected chi connectivity index (χ1v) is 9.22. The SMILES string of the molecule is CCOc1cccc(CNC(=O)c2sc(Nc3ccc(F)cn3)nc2C)c1. The highest BCUT2D eigenvalue weighted by molar-refractivity contribution is 7.17. The van der Waals surface area contributed by atoms with E-state index in [4.69, 9.17) is 4.74 Å². The van der Waals surface area contributed by atoms with E-state index in [2.05, 4.69) is 20.6 Å². The second kappa shape index (κ2) is 8.59. The zero-order chi connectivity index (χ0) is 19.2. The van der Waals surface area contributed by atoms with Crippen LogP contribution in [0.3, 0.4) is 0 Å². The summed E-state index contributed by atoms with van der Waals surface area (Å²) in [6, 6.07) is 10.4. The lowest BCUT2D eigenvalue weighted by molar-refractivity contribution is 0.0954. The summed E-state index contributed by atoms with van der Waals surface area (Å²) in [7, 11) is 0. The van der Waals surface area contributed by atoms with E-state index in [-0.39, 0.29) is 5.91 Å². The van der Waals surface area contributed by atoms with Gasteiger partial charge in [-0.25, -0.2) is 14.4 Å². The Kier molecular flexibility index (Phi) is 5.97. The predicted octanol–water partition coefficient (Wildman–Crippen LogP) is 4.06. The Bertz CT molecular complexity index is 928. The summed E-state index contributed by atoms with van der Waals surface area (Å²) in [6.07, 6.45) is 1.12. The summed E-state index contributed by atoms with van der Waals surface area (Å²) in [5.41, 5.74) is 1.57. The van der Waals surface area contributed by atoms with Gasteiger partial charge in [-0.15, -0.1) is 0 Å². The van der Waals surface area contributed by atoms with Crippen LogP contribution < -0.4 is 15.4 Å². The van der Waals surface area contributed by atoms with Crippen molar-refractivity contribution in [2.45, 2.75) is 20.4 Å². The Labute approximate surface area is 160 Å². The predicted molar refractivity (Wildman–Crippen MR) is 103 cm³/mol. The molecule has 3 rings (SSSR count). The van der Waals surface area contributed by atoms with E-state index in [1.54, 1.807) is 6.92 Å².